The van der Waals surface area contributed by atoms with Gasteiger partial charge in [-0.15, -0.1) is 0 Å². The molecule has 16 heavy (non-hydrogen) atoms. The molecule has 0 saturated heterocycles. The molecule has 0 N–H and O–H groups in total. The molecule has 0 saturated carbocycles. The maximum absolute atomic E-state index is 11.1. The Labute approximate surface area is 127 Å². The number of esters is 1. The third kappa shape index (κ3) is 11.3. The van der Waals surface area contributed by atoms with Gasteiger partial charge in [-0.25, -0.2) is 4.79 Å². The molecule has 0 aliphatic carbocycles. The third-order valence-corrected chi connectivity index (χ3v) is 2.55. The molecule has 0 bridgehead atoms. The second kappa shape index (κ2) is 13.8. The molecule has 92 valence electrons. The zero-order valence-electron chi connectivity index (χ0n) is 9.70. The van der Waals surface area contributed by atoms with E-state index in [1.54, 1.807) is 6.92 Å². The normalized spacial score (nSPS) is 11.7. The van der Waals surface area contributed by atoms with Crippen LogP contribution in [0.5, 0.6) is 0 Å². The first-order valence-electron chi connectivity index (χ1n) is 5.69. The van der Waals surface area contributed by atoms with Crippen LogP contribution < -0.4 is 0 Å². The van der Waals surface area contributed by atoms with Crippen LogP contribution in [0.4, 0.5) is 0 Å². The molecule has 5 heteroatoms. The Morgan fingerprint density at radius 3 is 2.31 bits per heavy atom. The number of hydrogen-bond donors (Lipinski definition) is 1. The van der Waals surface area contributed by atoms with Crippen molar-refractivity contribution in [1.82, 2.24) is 0 Å². The Balaban J connectivity index is 0. The molecular weight excluding hydrogens is 235 g/mol. The first-order valence-corrected chi connectivity index (χ1v) is 6.05. The van der Waals surface area contributed by atoms with E-state index in [2.05, 4.69) is 24.0 Å². The van der Waals surface area contributed by atoms with Crippen molar-refractivity contribution in [3.8, 4) is 0 Å². The fourth-order valence-electron chi connectivity index (χ4n) is 1.22. The van der Waals surface area contributed by atoms with Crippen molar-refractivity contribution in [2.24, 2.45) is 0 Å². The molecule has 0 aromatic heterocycles. The number of carbonyl (C=O) groups excluding carboxylic acids is 1. The Kier molecular flexibility index (Phi) is 16.5. The minimum atomic E-state index is -0.576. The average Bonchev–Trinajstić information content (AvgIpc) is 2.26. The van der Waals surface area contributed by atoms with Gasteiger partial charge in [-0.3, -0.25) is 0 Å². The molecule has 0 amide bonds. The van der Waals surface area contributed by atoms with Crippen molar-refractivity contribution in [3.63, 3.8) is 0 Å². The molecule has 0 heterocycles. The Morgan fingerprint density at radius 1 is 1.19 bits per heavy atom. The van der Waals surface area contributed by atoms with Crippen LogP contribution in [0.3, 0.4) is 0 Å². The number of ether oxygens (including phenoxy) is 1. The van der Waals surface area contributed by atoms with Gasteiger partial charge in [0.25, 0.3) is 0 Å². The van der Waals surface area contributed by atoms with Crippen LogP contribution in [0.15, 0.2) is 0 Å². The fraction of sp³-hybridized carbons (Fsp3) is 0.909. The number of rotatable bonds is 9. The maximum atomic E-state index is 11.1. The number of hydrogen-bond acceptors (Lipinski definition) is 4. The van der Waals surface area contributed by atoms with E-state index in [-0.39, 0.29) is 35.5 Å². The summed E-state index contributed by atoms with van der Waals surface area (Å²) >= 11 is 3.56. The van der Waals surface area contributed by atoms with E-state index in [9.17, 15) is 4.79 Å². The van der Waals surface area contributed by atoms with Crippen molar-refractivity contribution in [2.75, 3.05) is 6.61 Å². The Morgan fingerprint density at radius 2 is 1.75 bits per heavy atom. The zero-order chi connectivity index (χ0) is 11.5. The quantitative estimate of drug-likeness (QED) is 0.227. The van der Waals surface area contributed by atoms with Gasteiger partial charge in [0, 0.05) is 0 Å². The molecule has 0 aliphatic heterocycles. The molecule has 0 spiro atoms. The monoisotopic (exact) mass is 258 g/mol. The molecule has 0 aromatic carbocycles. The van der Waals surface area contributed by atoms with E-state index in [1.165, 1.54) is 25.7 Å². The van der Waals surface area contributed by atoms with Gasteiger partial charge in [-0.1, -0.05) is 39.0 Å². The van der Waals surface area contributed by atoms with E-state index >= 15 is 0 Å². The van der Waals surface area contributed by atoms with Gasteiger partial charge < -0.3 is 8.92 Å². The molecule has 0 aliphatic rings. The summed E-state index contributed by atoms with van der Waals surface area (Å²) in [5.74, 6) is -0.335. The van der Waals surface area contributed by atoms with Gasteiger partial charge in [0.2, 0.25) is 0 Å². The van der Waals surface area contributed by atoms with Gasteiger partial charge in [-0.2, -0.15) is 0 Å². The van der Waals surface area contributed by atoms with E-state index < -0.39 is 6.10 Å². The van der Waals surface area contributed by atoms with Crippen molar-refractivity contribution >= 4 is 48.4 Å². The van der Waals surface area contributed by atoms with Gasteiger partial charge in [0.15, 0.2) is 6.10 Å². The van der Waals surface area contributed by atoms with Crippen LogP contribution in [0.25, 0.3) is 0 Å². The number of carbonyl (C=O) groups is 1. The second-order valence-corrected chi connectivity index (χ2v) is 3.89. The first kappa shape index (κ1) is 19.1. The summed E-state index contributed by atoms with van der Waals surface area (Å²) in [4.78, 5) is 11.1. The third-order valence-electron chi connectivity index (χ3n) is 2.23. The second-order valence-electron chi connectivity index (χ2n) is 3.68. The van der Waals surface area contributed by atoms with Gasteiger partial charge >= 0.3 is 35.5 Å². The molecule has 0 radical (unpaired) electrons. The van der Waals surface area contributed by atoms with E-state index in [1.807, 2.05) is 0 Å². The van der Waals surface area contributed by atoms with Gasteiger partial charge in [0.05, 0.1) is 6.61 Å². The summed E-state index contributed by atoms with van der Waals surface area (Å²) in [5.41, 5.74) is 0. The molecule has 3 nitrogen and oxygen atoms in total. The van der Waals surface area contributed by atoms with Crippen LogP contribution in [-0.4, -0.2) is 48.2 Å². The van der Waals surface area contributed by atoms with E-state index in [0.29, 0.717) is 6.61 Å². The van der Waals surface area contributed by atoms with Crippen LogP contribution >= 0.6 is 12.9 Å². The minimum absolute atomic E-state index is 0. The number of thiol groups is 1. The average molecular weight is 258 g/mol. The predicted octanol–water partition coefficient (Wildman–Crippen LogP) is 2.49. The molecule has 0 aromatic rings. The SMILES string of the molecule is CCCCCCCCOC(=O)C(C)OS.[NaH]. The zero-order valence-corrected chi connectivity index (χ0v) is 10.6. The van der Waals surface area contributed by atoms with E-state index in [4.69, 9.17) is 4.74 Å². The van der Waals surface area contributed by atoms with Gasteiger partial charge in [0.1, 0.15) is 0 Å². The number of unbranched alkanes of at least 4 members (excludes halogenated alkanes) is 5. The summed E-state index contributed by atoms with van der Waals surface area (Å²) in [5, 5.41) is 0. The van der Waals surface area contributed by atoms with Crippen molar-refractivity contribution < 1.29 is 13.7 Å². The molecule has 1 atom stereocenters. The Hall–Kier alpha value is 0.780. The summed E-state index contributed by atoms with van der Waals surface area (Å²) in [6.07, 6.45) is 6.55. The van der Waals surface area contributed by atoms with Crippen LogP contribution in [-0.2, 0) is 13.7 Å². The van der Waals surface area contributed by atoms with Crippen LogP contribution in [0.1, 0.15) is 52.4 Å². The predicted molar refractivity (Wildman–Crippen MR) is 71.0 cm³/mol. The topological polar surface area (TPSA) is 35.5 Å². The van der Waals surface area contributed by atoms with Crippen LogP contribution in [0, 0.1) is 0 Å². The summed E-state index contributed by atoms with van der Waals surface area (Å²) in [6, 6.07) is 0. The van der Waals surface area contributed by atoms with Crippen molar-refractivity contribution in [1.29, 1.82) is 0 Å². The van der Waals surface area contributed by atoms with Crippen molar-refractivity contribution in [3.05, 3.63) is 0 Å². The fourth-order valence-corrected chi connectivity index (χ4v) is 1.30. The summed E-state index contributed by atoms with van der Waals surface area (Å²) < 4.78 is 9.53. The molecular formula is C11H23NaO3S. The first-order chi connectivity index (χ1) is 7.22. The summed E-state index contributed by atoms with van der Waals surface area (Å²) in [7, 11) is 0. The van der Waals surface area contributed by atoms with Gasteiger partial charge in [-0.05, 0) is 26.3 Å². The Bertz CT molecular complexity index is 167. The van der Waals surface area contributed by atoms with E-state index in [0.717, 1.165) is 12.8 Å². The molecule has 0 rings (SSSR count). The van der Waals surface area contributed by atoms with Crippen molar-refractivity contribution in [2.45, 2.75) is 58.5 Å². The summed E-state index contributed by atoms with van der Waals surface area (Å²) in [6.45, 7) is 4.31. The van der Waals surface area contributed by atoms with Crippen LogP contribution in [0.2, 0.25) is 0 Å². The molecule has 1 unspecified atom stereocenters. The molecule has 0 fully saturated rings. The standard InChI is InChI=1S/C11H22O3S.Na.H/c1-3-4-5-6-7-8-9-13-11(12)10(2)14-15;;/h10,15H,3-9H2,1-2H3;;.